The molecule has 1 aliphatic rings. The zero-order valence-corrected chi connectivity index (χ0v) is 13.3. The summed E-state index contributed by atoms with van der Waals surface area (Å²) >= 11 is 0. The van der Waals surface area contributed by atoms with Crippen molar-refractivity contribution in [2.24, 2.45) is 5.41 Å². The van der Waals surface area contributed by atoms with Gasteiger partial charge in [-0.3, -0.25) is 9.69 Å². The van der Waals surface area contributed by atoms with Crippen LogP contribution >= 0.6 is 0 Å². The molecule has 4 nitrogen and oxygen atoms in total. The van der Waals surface area contributed by atoms with E-state index in [1.54, 1.807) is 4.90 Å². The van der Waals surface area contributed by atoms with E-state index in [2.05, 4.69) is 31.0 Å². The topological polar surface area (TPSA) is 35.6 Å². The molecule has 1 amide bonds. The Bertz CT molecular complexity index is 281. The lowest BCUT2D eigenvalue weighted by molar-refractivity contribution is -0.130. The number of nitrogens with one attached hydrogen (secondary N) is 1. The molecule has 0 aliphatic carbocycles. The van der Waals surface area contributed by atoms with Crippen LogP contribution in [0.5, 0.6) is 0 Å². The highest BCUT2D eigenvalue weighted by Gasteiger charge is 2.23. The maximum Gasteiger partial charge on any atom is 0.236 e. The average Bonchev–Trinajstić information content (AvgIpc) is 2.38. The third-order valence-corrected chi connectivity index (χ3v) is 4.27. The highest BCUT2D eigenvalue weighted by atomic mass is 16.2. The number of likely N-dealkylation sites (tertiary alicyclic amines) is 1. The first-order valence-electron chi connectivity index (χ1n) is 7.50. The van der Waals surface area contributed by atoms with Gasteiger partial charge in [0.15, 0.2) is 0 Å². The van der Waals surface area contributed by atoms with Crippen molar-refractivity contribution in [2.45, 2.75) is 46.1 Å². The molecule has 1 saturated heterocycles. The summed E-state index contributed by atoms with van der Waals surface area (Å²) in [7, 11) is 3.65. The second kappa shape index (κ2) is 7.25. The van der Waals surface area contributed by atoms with E-state index in [-0.39, 0.29) is 5.91 Å². The van der Waals surface area contributed by atoms with Gasteiger partial charge in [-0.15, -0.1) is 0 Å². The van der Waals surface area contributed by atoms with Crippen molar-refractivity contribution in [1.82, 2.24) is 15.1 Å². The van der Waals surface area contributed by atoms with Gasteiger partial charge in [-0.05, 0) is 24.7 Å². The Morgan fingerprint density at radius 2 is 1.89 bits per heavy atom. The van der Waals surface area contributed by atoms with Crippen molar-refractivity contribution in [3.8, 4) is 0 Å². The van der Waals surface area contributed by atoms with Crippen LogP contribution in [0.15, 0.2) is 0 Å². The average molecular weight is 269 g/mol. The number of carbonyl (C=O) groups excluding carboxylic acids is 1. The van der Waals surface area contributed by atoms with Gasteiger partial charge in [-0.1, -0.05) is 20.8 Å². The Morgan fingerprint density at radius 1 is 1.32 bits per heavy atom. The minimum atomic E-state index is 0.207. The lowest BCUT2D eigenvalue weighted by atomic mass is 9.89. The number of amides is 1. The summed E-state index contributed by atoms with van der Waals surface area (Å²) in [6.07, 6.45) is 3.51. The van der Waals surface area contributed by atoms with E-state index in [0.717, 1.165) is 32.5 Å². The lowest BCUT2D eigenvalue weighted by Crippen LogP contribution is -2.47. The summed E-state index contributed by atoms with van der Waals surface area (Å²) in [5.41, 5.74) is 0.387. The molecule has 0 atom stereocenters. The van der Waals surface area contributed by atoms with Crippen LogP contribution in [0, 0.1) is 5.41 Å². The summed E-state index contributed by atoms with van der Waals surface area (Å²) in [5.74, 6) is 0.207. The molecule has 1 aliphatic heterocycles. The molecule has 0 saturated carbocycles. The summed E-state index contributed by atoms with van der Waals surface area (Å²) in [6.45, 7) is 10.6. The van der Waals surface area contributed by atoms with Crippen LogP contribution in [0.25, 0.3) is 0 Å². The molecular formula is C15H31N3O. The molecule has 0 bridgehead atoms. The van der Waals surface area contributed by atoms with Crippen LogP contribution in [-0.2, 0) is 4.79 Å². The predicted molar refractivity (Wildman–Crippen MR) is 80.2 cm³/mol. The van der Waals surface area contributed by atoms with E-state index < -0.39 is 0 Å². The van der Waals surface area contributed by atoms with Crippen molar-refractivity contribution in [1.29, 1.82) is 0 Å². The summed E-state index contributed by atoms with van der Waals surface area (Å²) in [5, 5.41) is 3.69. The molecule has 19 heavy (non-hydrogen) atoms. The van der Waals surface area contributed by atoms with E-state index in [4.69, 9.17) is 0 Å². The molecule has 0 aromatic carbocycles. The van der Waals surface area contributed by atoms with Gasteiger partial charge in [0, 0.05) is 39.8 Å². The molecule has 1 fully saturated rings. The Morgan fingerprint density at radius 3 is 2.37 bits per heavy atom. The van der Waals surface area contributed by atoms with Gasteiger partial charge < -0.3 is 10.2 Å². The number of nitrogens with zero attached hydrogens (tertiary/aromatic N) is 2. The molecule has 4 heteroatoms. The molecule has 1 rings (SSSR count). The van der Waals surface area contributed by atoms with Gasteiger partial charge in [-0.25, -0.2) is 0 Å². The van der Waals surface area contributed by atoms with Crippen LogP contribution < -0.4 is 5.32 Å². The fourth-order valence-electron chi connectivity index (χ4n) is 2.17. The van der Waals surface area contributed by atoms with Crippen LogP contribution in [0.4, 0.5) is 0 Å². The number of likely N-dealkylation sites (N-methyl/N-ethyl adjacent to an activating group) is 1. The first-order chi connectivity index (χ1) is 8.84. The minimum absolute atomic E-state index is 0.207. The SMILES string of the molecule is CCC(C)(C)CNC1CCN(CC(=O)N(C)C)CC1. The molecule has 0 spiro atoms. The Labute approximate surface area is 118 Å². The van der Waals surface area contributed by atoms with Crippen LogP contribution in [0.1, 0.15) is 40.0 Å². The van der Waals surface area contributed by atoms with E-state index in [0.29, 0.717) is 18.0 Å². The number of piperidine rings is 1. The molecule has 0 unspecified atom stereocenters. The van der Waals surface area contributed by atoms with Crippen molar-refractivity contribution < 1.29 is 4.79 Å². The molecule has 1 N–H and O–H groups in total. The molecule has 1 heterocycles. The predicted octanol–water partition coefficient (Wildman–Crippen LogP) is 1.56. The fourth-order valence-corrected chi connectivity index (χ4v) is 2.17. The fraction of sp³-hybridized carbons (Fsp3) is 0.933. The lowest BCUT2D eigenvalue weighted by Gasteiger charge is -2.34. The van der Waals surface area contributed by atoms with E-state index in [1.807, 2.05) is 14.1 Å². The summed E-state index contributed by atoms with van der Waals surface area (Å²) in [4.78, 5) is 15.6. The van der Waals surface area contributed by atoms with E-state index in [1.165, 1.54) is 6.42 Å². The quantitative estimate of drug-likeness (QED) is 0.795. The van der Waals surface area contributed by atoms with Crippen molar-refractivity contribution in [3.63, 3.8) is 0 Å². The molecule has 0 radical (unpaired) electrons. The number of rotatable bonds is 6. The number of hydrogen-bond donors (Lipinski definition) is 1. The van der Waals surface area contributed by atoms with Gasteiger partial charge >= 0.3 is 0 Å². The van der Waals surface area contributed by atoms with Crippen molar-refractivity contribution in [2.75, 3.05) is 40.3 Å². The van der Waals surface area contributed by atoms with Crippen LogP contribution in [0.3, 0.4) is 0 Å². The first kappa shape index (κ1) is 16.4. The van der Waals surface area contributed by atoms with Crippen molar-refractivity contribution in [3.05, 3.63) is 0 Å². The first-order valence-corrected chi connectivity index (χ1v) is 7.50. The van der Waals surface area contributed by atoms with Gasteiger partial charge in [0.25, 0.3) is 0 Å². The maximum absolute atomic E-state index is 11.7. The molecular weight excluding hydrogens is 238 g/mol. The highest BCUT2D eigenvalue weighted by molar-refractivity contribution is 5.77. The second-order valence-corrected chi connectivity index (χ2v) is 6.74. The maximum atomic E-state index is 11.7. The number of hydrogen-bond acceptors (Lipinski definition) is 3. The number of carbonyl (C=O) groups is 1. The molecule has 112 valence electrons. The van der Waals surface area contributed by atoms with E-state index in [9.17, 15) is 4.79 Å². The van der Waals surface area contributed by atoms with Gasteiger partial charge in [-0.2, -0.15) is 0 Å². The smallest absolute Gasteiger partial charge is 0.236 e. The Balaban J connectivity index is 2.24. The van der Waals surface area contributed by atoms with Gasteiger partial charge in [0.2, 0.25) is 5.91 Å². The standard InChI is InChI=1S/C15H31N3O/c1-6-15(2,3)12-16-13-7-9-18(10-8-13)11-14(19)17(4)5/h13,16H,6-12H2,1-5H3. The monoisotopic (exact) mass is 269 g/mol. The minimum Gasteiger partial charge on any atom is -0.348 e. The molecule has 0 aromatic heterocycles. The Hall–Kier alpha value is -0.610. The Kier molecular flexibility index (Phi) is 6.27. The van der Waals surface area contributed by atoms with Crippen molar-refractivity contribution >= 4 is 5.91 Å². The second-order valence-electron chi connectivity index (χ2n) is 6.74. The van der Waals surface area contributed by atoms with Gasteiger partial charge in [0.1, 0.15) is 0 Å². The molecule has 0 aromatic rings. The van der Waals surface area contributed by atoms with Crippen LogP contribution in [-0.4, -0.2) is 62.0 Å². The summed E-state index contributed by atoms with van der Waals surface area (Å²) < 4.78 is 0. The van der Waals surface area contributed by atoms with Gasteiger partial charge in [0.05, 0.1) is 6.54 Å². The summed E-state index contributed by atoms with van der Waals surface area (Å²) in [6, 6.07) is 0.622. The normalized spacial score (nSPS) is 18.6. The zero-order chi connectivity index (χ0) is 14.5. The highest BCUT2D eigenvalue weighted by Crippen LogP contribution is 2.19. The van der Waals surface area contributed by atoms with Crippen LogP contribution in [0.2, 0.25) is 0 Å². The third kappa shape index (κ3) is 5.91. The zero-order valence-electron chi connectivity index (χ0n) is 13.3. The third-order valence-electron chi connectivity index (χ3n) is 4.27. The largest absolute Gasteiger partial charge is 0.348 e. The van der Waals surface area contributed by atoms with E-state index >= 15 is 0 Å².